The molecule has 2 atom stereocenters. The van der Waals surface area contributed by atoms with Gasteiger partial charge in [0.1, 0.15) is 0 Å². The predicted molar refractivity (Wildman–Crippen MR) is 80.1 cm³/mol. The van der Waals surface area contributed by atoms with Gasteiger partial charge in [0.15, 0.2) is 0 Å². The van der Waals surface area contributed by atoms with Gasteiger partial charge in [-0.25, -0.2) is 4.79 Å². The number of carboxylic acids is 1. The maximum Gasteiger partial charge on any atom is 0.320 e. The first-order chi connectivity index (χ1) is 9.95. The maximum atomic E-state index is 12.5. The normalized spacial score (nSPS) is 18.8. The monoisotopic (exact) mass is 290 g/mol. The number of benzene rings is 1. The first-order valence-electron chi connectivity index (χ1n) is 7.28. The van der Waals surface area contributed by atoms with E-state index in [1.54, 1.807) is 16.8 Å². The van der Waals surface area contributed by atoms with Crippen molar-refractivity contribution in [3.63, 3.8) is 0 Å². The number of hydrogen-bond donors (Lipinski definition) is 1. The Kier molecular flexibility index (Phi) is 4.50. The summed E-state index contributed by atoms with van der Waals surface area (Å²) >= 11 is 0. The van der Waals surface area contributed by atoms with Crippen LogP contribution in [-0.4, -0.2) is 46.5 Å². The summed E-state index contributed by atoms with van der Waals surface area (Å²) in [6.45, 7) is 4.72. The Hall–Kier alpha value is -2.04. The van der Waals surface area contributed by atoms with Gasteiger partial charge in [0, 0.05) is 26.2 Å². The van der Waals surface area contributed by atoms with E-state index in [1.165, 1.54) is 0 Å². The van der Waals surface area contributed by atoms with Gasteiger partial charge in [-0.05, 0) is 24.5 Å². The first kappa shape index (κ1) is 15.4. The Balaban J connectivity index is 2.25. The first-order valence-corrected chi connectivity index (χ1v) is 7.28. The van der Waals surface area contributed by atoms with E-state index >= 15 is 0 Å². The minimum atomic E-state index is -0.883. The van der Waals surface area contributed by atoms with Gasteiger partial charge >= 0.3 is 12.0 Å². The number of nitrogens with zero attached hydrogens (tertiary/aromatic N) is 2. The number of carboxylic acid groups (broad SMARTS) is 1. The second-order valence-corrected chi connectivity index (χ2v) is 5.62. The van der Waals surface area contributed by atoms with Crippen molar-refractivity contribution in [2.45, 2.75) is 38.8 Å². The van der Waals surface area contributed by atoms with E-state index in [1.807, 2.05) is 38.1 Å². The molecule has 21 heavy (non-hydrogen) atoms. The Bertz CT molecular complexity index is 544. The average molecular weight is 290 g/mol. The van der Waals surface area contributed by atoms with Crippen molar-refractivity contribution >= 4 is 12.0 Å². The molecule has 0 radical (unpaired) electrons. The third kappa shape index (κ3) is 3.01. The highest BCUT2D eigenvalue weighted by molar-refractivity contribution is 5.81. The SMILES string of the molecule is CCC(C)N(C)C(=O)N1Cc2ccccc2C(C(=O)O)C1. The minimum Gasteiger partial charge on any atom is -0.481 e. The third-order valence-electron chi connectivity index (χ3n) is 4.32. The number of hydrogen-bond acceptors (Lipinski definition) is 2. The lowest BCUT2D eigenvalue weighted by Crippen LogP contribution is -2.48. The highest BCUT2D eigenvalue weighted by Gasteiger charge is 2.33. The van der Waals surface area contributed by atoms with Crippen molar-refractivity contribution in [2.24, 2.45) is 0 Å². The van der Waals surface area contributed by atoms with E-state index in [0.717, 1.165) is 17.5 Å². The molecule has 5 nitrogen and oxygen atoms in total. The molecular formula is C16H22N2O3. The standard InChI is InChI=1S/C16H22N2O3/c1-4-11(2)17(3)16(21)18-9-12-7-5-6-8-13(12)14(10-18)15(19)20/h5-8,11,14H,4,9-10H2,1-3H3,(H,19,20). The summed E-state index contributed by atoms with van der Waals surface area (Å²) in [5, 5.41) is 9.43. The van der Waals surface area contributed by atoms with Gasteiger partial charge in [-0.2, -0.15) is 0 Å². The van der Waals surface area contributed by atoms with Crippen LogP contribution in [0.3, 0.4) is 0 Å². The topological polar surface area (TPSA) is 60.9 Å². The van der Waals surface area contributed by atoms with Crippen LogP contribution >= 0.6 is 0 Å². The van der Waals surface area contributed by atoms with Gasteiger partial charge in [-0.15, -0.1) is 0 Å². The zero-order valence-electron chi connectivity index (χ0n) is 12.7. The summed E-state index contributed by atoms with van der Waals surface area (Å²) in [7, 11) is 1.77. The maximum absolute atomic E-state index is 12.5. The summed E-state index contributed by atoms with van der Waals surface area (Å²) in [5.74, 6) is -1.53. The second-order valence-electron chi connectivity index (χ2n) is 5.62. The molecule has 2 rings (SSSR count). The van der Waals surface area contributed by atoms with Crippen LogP contribution in [0, 0.1) is 0 Å². The molecule has 0 saturated carbocycles. The molecule has 1 aliphatic heterocycles. The van der Waals surface area contributed by atoms with Crippen LogP contribution in [0.5, 0.6) is 0 Å². The zero-order valence-corrected chi connectivity index (χ0v) is 12.7. The molecule has 0 fully saturated rings. The van der Waals surface area contributed by atoms with Gasteiger partial charge < -0.3 is 14.9 Å². The van der Waals surface area contributed by atoms with Gasteiger partial charge in [0.05, 0.1) is 5.92 Å². The molecule has 5 heteroatoms. The van der Waals surface area contributed by atoms with Crippen LogP contribution in [0.2, 0.25) is 0 Å². The second kappa shape index (κ2) is 6.16. The predicted octanol–water partition coefficient (Wildman–Crippen LogP) is 2.52. The summed E-state index contributed by atoms with van der Waals surface area (Å²) in [5.41, 5.74) is 1.74. The smallest absolute Gasteiger partial charge is 0.320 e. The van der Waals surface area contributed by atoms with Crippen molar-refractivity contribution in [2.75, 3.05) is 13.6 Å². The molecule has 1 aromatic rings. The molecule has 0 saturated heterocycles. The highest BCUT2D eigenvalue weighted by Crippen LogP contribution is 2.29. The minimum absolute atomic E-state index is 0.106. The van der Waals surface area contributed by atoms with Crippen LogP contribution in [0.4, 0.5) is 4.79 Å². The Morgan fingerprint density at radius 3 is 2.71 bits per heavy atom. The van der Waals surface area contributed by atoms with E-state index in [0.29, 0.717) is 6.54 Å². The number of carbonyl (C=O) groups excluding carboxylic acids is 1. The van der Waals surface area contributed by atoms with Crippen molar-refractivity contribution in [3.05, 3.63) is 35.4 Å². The molecule has 0 spiro atoms. The molecule has 1 N–H and O–H groups in total. The Morgan fingerprint density at radius 2 is 2.10 bits per heavy atom. The molecule has 0 aliphatic carbocycles. The average Bonchev–Trinajstić information content (AvgIpc) is 2.51. The highest BCUT2D eigenvalue weighted by atomic mass is 16.4. The summed E-state index contributed by atoms with van der Waals surface area (Å²) in [6, 6.07) is 7.49. The molecule has 1 aliphatic rings. The van der Waals surface area contributed by atoms with E-state index < -0.39 is 11.9 Å². The van der Waals surface area contributed by atoms with Crippen molar-refractivity contribution in [3.8, 4) is 0 Å². The molecule has 1 heterocycles. The van der Waals surface area contributed by atoms with Gasteiger partial charge in [-0.3, -0.25) is 4.79 Å². The molecule has 1 aromatic carbocycles. The molecule has 0 bridgehead atoms. The van der Waals surface area contributed by atoms with Crippen LogP contribution in [-0.2, 0) is 11.3 Å². The summed E-state index contributed by atoms with van der Waals surface area (Å²) in [4.78, 5) is 27.3. The van der Waals surface area contributed by atoms with Crippen LogP contribution in [0.1, 0.15) is 37.3 Å². The number of carbonyl (C=O) groups is 2. The number of amides is 2. The molecule has 2 unspecified atom stereocenters. The van der Waals surface area contributed by atoms with E-state index in [9.17, 15) is 14.7 Å². The van der Waals surface area contributed by atoms with Crippen LogP contribution < -0.4 is 0 Å². The number of urea groups is 1. The number of aliphatic carboxylic acids is 1. The van der Waals surface area contributed by atoms with Gasteiger partial charge in [-0.1, -0.05) is 31.2 Å². The van der Waals surface area contributed by atoms with E-state index in [-0.39, 0.29) is 18.6 Å². The van der Waals surface area contributed by atoms with Gasteiger partial charge in [0.2, 0.25) is 0 Å². The molecule has 2 amide bonds. The molecule has 114 valence electrons. The number of rotatable bonds is 3. The molecule has 0 aromatic heterocycles. The lowest BCUT2D eigenvalue weighted by Gasteiger charge is -2.36. The summed E-state index contributed by atoms with van der Waals surface area (Å²) < 4.78 is 0. The van der Waals surface area contributed by atoms with Crippen molar-refractivity contribution in [1.29, 1.82) is 0 Å². The van der Waals surface area contributed by atoms with Crippen molar-refractivity contribution in [1.82, 2.24) is 9.80 Å². The Labute approximate surface area is 125 Å². The fourth-order valence-electron chi connectivity index (χ4n) is 2.65. The van der Waals surface area contributed by atoms with Crippen LogP contribution in [0.25, 0.3) is 0 Å². The lowest BCUT2D eigenvalue weighted by atomic mass is 9.90. The van der Waals surface area contributed by atoms with Gasteiger partial charge in [0.25, 0.3) is 0 Å². The van der Waals surface area contributed by atoms with Crippen LogP contribution in [0.15, 0.2) is 24.3 Å². The largest absolute Gasteiger partial charge is 0.481 e. The molecular weight excluding hydrogens is 268 g/mol. The fourth-order valence-corrected chi connectivity index (χ4v) is 2.65. The van der Waals surface area contributed by atoms with Crippen molar-refractivity contribution < 1.29 is 14.7 Å². The lowest BCUT2D eigenvalue weighted by molar-refractivity contribution is -0.139. The fraction of sp³-hybridized carbons (Fsp3) is 0.500. The summed E-state index contributed by atoms with van der Waals surface area (Å²) in [6.07, 6.45) is 0.870. The quantitative estimate of drug-likeness (QED) is 0.930. The number of fused-ring (bicyclic) bond motifs is 1. The third-order valence-corrected chi connectivity index (χ3v) is 4.32. The Morgan fingerprint density at radius 1 is 1.43 bits per heavy atom. The van der Waals surface area contributed by atoms with E-state index in [4.69, 9.17) is 0 Å². The zero-order chi connectivity index (χ0) is 15.6. The van der Waals surface area contributed by atoms with E-state index in [2.05, 4.69) is 0 Å².